The molecule has 2 aliphatic rings. The second-order valence-electron chi connectivity index (χ2n) is 11.2. The lowest BCUT2D eigenvalue weighted by atomic mass is 10.1. The number of piperazine rings is 1. The van der Waals surface area contributed by atoms with E-state index in [0.29, 0.717) is 41.4 Å². The van der Waals surface area contributed by atoms with Crippen molar-refractivity contribution in [3.8, 4) is 0 Å². The second-order valence-corrected chi connectivity index (χ2v) is 13.6. The monoisotopic (exact) mass is 605 g/mol. The van der Waals surface area contributed by atoms with Gasteiger partial charge in [-0.25, -0.2) is 13.4 Å². The van der Waals surface area contributed by atoms with Crippen molar-refractivity contribution in [2.24, 2.45) is 0 Å². The maximum Gasteiger partial charge on any atom is 0.310 e. The number of nitrogens with zero attached hydrogens (tertiary/aromatic N) is 6. The van der Waals surface area contributed by atoms with Gasteiger partial charge in [0.25, 0.3) is 15.9 Å². The van der Waals surface area contributed by atoms with Crippen molar-refractivity contribution in [1.82, 2.24) is 33.9 Å². The Hall–Kier alpha value is -2.97. The molecule has 41 heavy (non-hydrogen) atoms. The molecule has 1 saturated heterocycles. The lowest BCUT2D eigenvalue weighted by Gasteiger charge is -2.40. The SMILES string of the molecule is CN(C)Cc1c(S(=O)(=O)N2CCN(C(=O)c3nc4c(o3)CN(C)CC4)C(CC(=O)N(C)C)C2)[nH]c2ccc(Cl)cc12. The fourth-order valence-corrected chi connectivity index (χ4v) is 7.27. The van der Waals surface area contributed by atoms with Crippen molar-refractivity contribution in [2.45, 2.75) is 37.0 Å². The van der Waals surface area contributed by atoms with Crippen LogP contribution in [0.25, 0.3) is 10.9 Å². The zero-order valence-corrected chi connectivity index (χ0v) is 25.5. The Kier molecular flexibility index (Phi) is 8.18. The molecular weight excluding hydrogens is 570 g/mol. The van der Waals surface area contributed by atoms with Gasteiger partial charge in [0.1, 0.15) is 5.76 Å². The highest BCUT2D eigenvalue weighted by Crippen LogP contribution is 2.32. The molecule has 12 nitrogen and oxygen atoms in total. The van der Waals surface area contributed by atoms with E-state index in [1.807, 2.05) is 26.0 Å². The summed E-state index contributed by atoms with van der Waals surface area (Å²) in [6, 6.07) is 4.53. The van der Waals surface area contributed by atoms with Crippen LogP contribution in [-0.2, 0) is 34.3 Å². The van der Waals surface area contributed by atoms with Crippen LogP contribution >= 0.6 is 11.6 Å². The van der Waals surface area contributed by atoms with Gasteiger partial charge in [0, 0.05) is 81.1 Å². The van der Waals surface area contributed by atoms with Gasteiger partial charge >= 0.3 is 5.91 Å². The Bertz CT molecular complexity index is 1580. The number of nitrogens with one attached hydrogen (secondary N) is 1. The van der Waals surface area contributed by atoms with E-state index in [2.05, 4.69) is 14.9 Å². The fraction of sp³-hybridized carbons (Fsp3) is 0.519. The Morgan fingerprint density at radius 1 is 1.17 bits per heavy atom. The Morgan fingerprint density at radius 3 is 2.63 bits per heavy atom. The summed E-state index contributed by atoms with van der Waals surface area (Å²) in [4.78, 5) is 41.0. The summed E-state index contributed by atoms with van der Waals surface area (Å²) in [7, 11) is 4.95. The van der Waals surface area contributed by atoms with Crippen molar-refractivity contribution < 1.29 is 22.4 Å². The van der Waals surface area contributed by atoms with Crippen molar-refractivity contribution in [3.05, 3.63) is 46.1 Å². The third kappa shape index (κ3) is 5.86. The Balaban J connectivity index is 1.47. The van der Waals surface area contributed by atoms with Crippen LogP contribution in [0, 0.1) is 0 Å². The number of hydrogen-bond donors (Lipinski definition) is 1. The van der Waals surface area contributed by atoms with E-state index < -0.39 is 22.0 Å². The lowest BCUT2D eigenvalue weighted by molar-refractivity contribution is -0.130. The number of rotatable bonds is 7. The Labute approximate surface area is 244 Å². The standard InChI is InChI=1S/C27H36ClN7O5S/c1-31(2)15-20-19-12-17(28)6-7-21(19)30-26(20)41(38,39)34-10-11-35(18(14-34)13-24(36)32(3)4)27(37)25-29-22-8-9-33(5)16-23(22)40-25/h6-7,12,18,30H,8-11,13-16H2,1-5H3. The van der Waals surface area contributed by atoms with Gasteiger partial charge in [-0.1, -0.05) is 11.6 Å². The second kappa shape index (κ2) is 11.4. The predicted molar refractivity (Wildman–Crippen MR) is 154 cm³/mol. The molecule has 1 atom stereocenters. The van der Waals surface area contributed by atoms with Crippen LogP contribution in [0.3, 0.4) is 0 Å². The molecule has 0 bridgehead atoms. The number of oxazole rings is 1. The summed E-state index contributed by atoms with van der Waals surface area (Å²) < 4.78 is 35.5. The molecule has 2 aromatic heterocycles. The zero-order chi connectivity index (χ0) is 29.6. The largest absolute Gasteiger partial charge is 0.436 e. The fourth-order valence-electron chi connectivity index (χ4n) is 5.43. The number of carbonyl (C=O) groups is 2. The quantitative estimate of drug-likeness (QED) is 0.432. The molecule has 1 fully saturated rings. The predicted octanol–water partition coefficient (Wildman–Crippen LogP) is 1.85. The van der Waals surface area contributed by atoms with Crippen molar-refractivity contribution in [2.75, 3.05) is 61.4 Å². The van der Waals surface area contributed by atoms with E-state index >= 15 is 0 Å². The van der Waals surface area contributed by atoms with Gasteiger partial charge in [0.2, 0.25) is 5.91 Å². The average molecular weight is 606 g/mol. The summed E-state index contributed by atoms with van der Waals surface area (Å²) in [5.74, 6) is -0.0145. The van der Waals surface area contributed by atoms with Crippen LogP contribution in [0.5, 0.6) is 0 Å². The van der Waals surface area contributed by atoms with Crippen molar-refractivity contribution in [1.29, 1.82) is 0 Å². The number of fused-ring (bicyclic) bond motifs is 2. The highest BCUT2D eigenvalue weighted by molar-refractivity contribution is 7.89. The van der Waals surface area contributed by atoms with Gasteiger partial charge in [-0.05, 0) is 39.3 Å². The molecule has 1 unspecified atom stereocenters. The van der Waals surface area contributed by atoms with Gasteiger partial charge in [-0.15, -0.1) is 0 Å². The molecular formula is C27H36ClN7O5S. The van der Waals surface area contributed by atoms with Gasteiger partial charge in [0.05, 0.1) is 18.3 Å². The van der Waals surface area contributed by atoms with Gasteiger partial charge in [-0.3, -0.25) is 14.5 Å². The van der Waals surface area contributed by atoms with E-state index in [-0.39, 0.29) is 42.9 Å². The number of amides is 2. The number of aromatic amines is 1. The molecule has 4 heterocycles. The molecule has 0 radical (unpaired) electrons. The molecule has 0 saturated carbocycles. The number of benzene rings is 1. The smallest absolute Gasteiger partial charge is 0.310 e. The van der Waals surface area contributed by atoms with Crippen molar-refractivity contribution in [3.63, 3.8) is 0 Å². The maximum absolute atomic E-state index is 14.1. The van der Waals surface area contributed by atoms with E-state index in [0.717, 1.165) is 17.6 Å². The highest BCUT2D eigenvalue weighted by atomic mass is 35.5. The van der Waals surface area contributed by atoms with E-state index in [1.54, 1.807) is 32.3 Å². The lowest BCUT2D eigenvalue weighted by Crippen LogP contribution is -2.57. The number of hydrogen-bond acceptors (Lipinski definition) is 8. The van der Waals surface area contributed by atoms with E-state index in [4.69, 9.17) is 16.0 Å². The number of aromatic nitrogens is 2. The first kappa shape index (κ1) is 29.5. The van der Waals surface area contributed by atoms with Crippen LogP contribution in [0.15, 0.2) is 27.6 Å². The molecule has 2 aliphatic heterocycles. The summed E-state index contributed by atoms with van der Waals surface area (Å²) in [5.41, 5.74) is 2.04. The summed E-state index contributed by atoms with van der Waals surface area (Å²) in [6.45, 7) is 1.86. The number of likely N-dealkylation sites (N-methyl/N-ethyl adjacent to an activating group) is 1. The summed E-state index contributed by atoms with van der Waals surface area (Å²) >= 11 is 6.25. The molecule has 1 aromatic carbocycles. The summed E-state index contributed by atoms with van der Waals surface area (Å²) in [6.07, 6.45) is 0.642. The molecule has 1 N–H and O–H groups in total. The number of halogens is 1. The average Bonchev–Trinajstić information content (AvgIpc) is 3.49. The molecule has 3 aromatic rings. The summed E-state index contributed by atoms with van der Waals surface area (Å²) in [5, 5.41) is 1.33. The van der Waals surface area contributed by atoms with Crippen LogP contribution in [0.2, 0.25) is 5.02 Å². The Morgan fingerprint density at radius 2 is 1.93 bits per heavy atom. The first-order valence-electron chi connectivity index (χ1n) is 13.5. The molecule has 0 spiro atoms. The first-order valence-corrected chi connectivity index (χ1v) is 15.3. The zero-order valence-electron chi connectivity index (χ0n) is 24.0. The molecule has 5 rings (SSSR count). The van der Waals surface area contributed by atoms with Crippen molar-refractivity contribution >= 4 is 44.3 Å². The van der Waals surface area contributed by atoms with Gasteiger partial charge in [-0.2, -0.15) is 4.31 Å². The normalized spacial score (nSPS) is 18.7. The van der Waals surface area contributed by atoms with Crippen LogP contribution in [0.4, 0.5) is 0 Å². The minimum atomic E-state index is -4.02. The molecule has 0 aliphatic carbocycles. The number of H-pyrrole nitrogens is 1. The third-order valence-corrected chi connectivity index (χ3v) is 9.73. The maximum atomic E-state index is 14.1. The number of carbonyl (C=O) groups excluding carboxylic acids is 2. The van der Waals surface area contributed by atoms with Crippen LogP contribution in [-0.4, -0.2) is 122 Å². The topological polar surface area (TPSA) is 126 Å². The highest BCUT2D eigenvalue weighted by Gasteiger charge is 2.41. The van der Waals surface area contributed by atoms with Gasteiger partial charge < -0.3 is 24.1 Å². The molecule has 14 heteroatoms. The number of sulfonamides is 1. The third-order valence-electron chi connectivity index (χ3n) is 7.62. The van der Waals surface area contributed by atoms with E-state index in [1.165, 1.54) is 14.1 Å². The molecule has 2 amide bonds. The van der Waals surface area contributed by atoms with Crippen LogP contribution < -0.4 is 0 Å². The van der Waals surface area contributed by atoms with Gasteiger partial charge in [0.15, 0.2) is 5.03 Å². The van der Waals surface area contributed by atoms with Crippen LogP contribution in [0.1, 0.15) is 34.1 Å². The minimum absolute atomic E-state index is 0.0234. The molecule has 222 valence electrons. The van der Waals surface area contributed by atoms with E-state index in [9.17, 15) is 18.0 Å². The minimum Gasteiger partial charge on any atom is -0.436 e. The first-order chi connectivity index (χ1) is 19.3.